The molecule has 0 N–H and O–H groups in total. The maximum absolute atomic E-state index is 12.7. The largest absolute Gasteiger partial charge is 0.416 e. The van der Waals surface area contributed by atoms with E-state index in [-0.39, 0.29) is 5.78 Å². The molecule has 0 unspecified atom stereocenters. The molecule has 21 heavy (non-hydrogen) atoms. The topological polar surface area (TPSA) is 26.3 Å². The molecule has 1 saturated carbocycles. The van der Waals surface area contributed by atoms with Gasteiger partial charge in [-0.15, -0.1) is 0 Å². The van der Waals surface area contributed by atoms with Gasteiger partial charge >= 0.3 is 6.18 Å². The molecule has 0 aromatic heterocycles. The van der Waals surface area contributed by atoms with Crippen LogP contribution in [-0.2, 0) is 10.9 Å². The fraction of sp³-hybridized carbons (Fsp3) is 0.562. The highest BCUT2D eigenvalue weighted by atomic mass is 19.4. The minimum absolute atomic E-state index is 0.197. The molecule has 2 nitrogen and oxygen atoms in total. The quantitative estimate of drug-likeness (QED) is 0.758. The van der Waals surface area contributed by atoms with Crippen molar-refractivity contribution >= 4 is 5.78 Å². The van der Waals surface area contributed by atoms with E-state index in [0.29, 0.717) is 25.0 Å². The van der Waals surface area contributed by atoms with Gasteiger partial charge < -0.3 is 4.74 Å². The van der Waals surface area contributed by atoms with Crippen LogP contribution in [0.5, 0.6) is 0 Å². The predicted molar refractivity (Wildman–Crippen MR) is 73.2 cm³/mol. The number of halogens is 3. The van der Waals surface area contributed by atoms with Crippen molar-refractivity contribution in [3.63, 3.8) is 0 Å². The van der Waals surface area contributed by atoms with Crippen LogP contribution in [-0.4, -0.2) is 18.0 Å². The van der Waals surface area contributed by atoms with Crippen molar-refractivity contribution in [2.75, 3.05) is 6.61 Å². The summed E-state index contributed by atoms with van der Waals surface area (Å²) in [6.45, 7) is 2.25. The van der Waals surface area contributed by atoms with Gasteiger partial charge in [0, 0.05) is 12.2 Å². The Hall–Kier alpha value is -1.36. The Balaban J connectivity index is 2.25. The molecule has 0 bridgehead atoms. The van der Waals surface area contributed by atoms with Crippen LogP contribution in [0.4, 0.5) is 13.2 Å². The summed E-state index contributed by atoms with van der Waals surface area (Å²) in [5.74, 6) is -0.197. The van der Waals surface area contributed by atoms with Crippen molar-refractivity contribution in [1.82, 2.24) is 0 Å². The SMILES string of the molecule is CCOC1(C(=O)c2ccc(C(F)(F)F)cc2)CCCCC1. The highest BCUT2D eigenvalue weighted by Crippen LogP contribution is 2.35. The number of rotatable bonds is 4. The molecular weight excluding hydrogens is 281 g/mol. The van der Waals surface area contributed by atoms with E-state index in [0.717, 1.165) is 31.4 Å². The number of carbonyl (C=O) groups excluding carboxylic acids is 1. The van der Waals surface area contributed by atoms with E-state index in [1.165, 1.54) is 12.1 Å². The summed E-state index contributed by atoms with van der Waals surface area (Å²) in [4.78, 5) is 12.7. The summed E-state index contributed by atoms with van der Waals surface area (Å²) >= 11 is 0. The predicted octanol–water partition coefficient (Wildman–Crippen LogP) is 4.63. The normalized spacial score (nSPS) is 18.5. The molecule has 2 rings (SSSR count). The second-order valence-electron chi connectivity index (χ2n) is 5.39. The lowest BCUT2D eigenvalue weighted by Gasteiger charge is -2.35. The Labute approximate surface area is 122 Å². The fourth-order valence-corrected chi connectivity index (χ4v) is 2.91. The summed E-state index contributed by atoms with van der Waals surface area (Å²) in [6.07, 6.45) is -0.223. The lowest BCUT2D eigenvalue weighted by molar-refractivity contribution is -0.137. The van der Waals surface area contributed by atoms with Crippen molar-refractivity contribution < 1.29 is 22.7 Å². The van der Waals surface area contributed by atoms with Gasteiger partial charge in [0.05, 0.1) is 5.56 Å². The zero-order valence-electron chi connectivity index (χ0n) is 12.0. The average Bonchev–Trinajstić information content (AvgIpc) is 2.47. The van der Waals surface area contributed by atoms with Gasteiger partial charge in [0.15, 0.2) is 5.78 Å². The van der Waals surface area contributed by atoms with E-state index < -0.39 is 17.3 Å². The number of benzene rings is 1. The van der Waals surface area contributed by atoms with Gasteiger partial charge in [0.25, 0.3) is 0 Å². The van der Waals surface area contributed by atoms with Crippen molar-refractivity contribution in [2.45, 2.75) is 50.8 Å². The number of hydrogen-bond donors (Lipinski definition) is 0. The second kappa shape index (κ2) is 6.18. The standard InChI is InChI=1S/C16H19F3O2/c1-2-21-15(10-4-3-5-11-15)14(20)12-6-8-13(9-7-12)16(17,18)19/h6-9H,2-5,10-11H2,1H3. The van der Waals surface area contributed by atoms with Crippen LogP contribution >= 0.6 is 0 Å². The first-order valence-corrected chi connectivity index (χ1v) is 7.25. The van der Waals surface area contributed by atoms with Crippen molar-refractivity contribution in [1.29, 1.82) is 0 Å². The Morgan fingerprint density at radius 1 is 1.14 bits per heavy atom. The number of ketones is 1. The first-order chi connectivity index (χ1) is 9.89. The monoisotopic (exact) mass is 300 g/mol. The molecule has 1 aromatic rings. The van der Waals surface area contributed by atoms with Crippen molar-refractivity contribution in [3.8, 4) is 0 Å². The fourth-order valence-electron chi connectivity index (χ4n) is 2.91. The van der Waals surface area contributed by atoms with Crippen LogP contribution in [0.1, 0.15) is 54.9 Å². The number of ether oxygens (including phenoxy) is 1. The minimum atomic E-state index is -4.38. The number of carbonyl (C=O) groups is 1. The molecule has 5 heteroatoms. The first-order valence-electron chi connectivity index (χ1n) is 7.25. The molecule has 0 aliphatic heterocycles. The van der Waals surface area contributed by atoms with E-state index >= 15 is 0 Å². The Kier molecular flexibility index (Phi) is 4.71. The summed E-state index contributed by atoms with van der Waals surface area (Å²) in [5.41, 5.74) is -1.31. The van der Waals surface area contributed by atoms with Crippen LogP contribution < -0.4 is 0 Å². The average molecular weight is 300 g/mol. The lowest BCUT2D eigenvalue weighted by atomic mass is 9.79. The molecule has 0 amide bonds. The first kappa shape index (κ1) is 16.0. The van der Waals surface area contributed by atoms with Gasteiger partial charge in [-0.3, -0.25) is 4.79 Å². The van der Waals surface area contributed by atoms with Gasteiger partial charge in [-0.05, 0) is 31.9 Å². The minimum Gasteiger partial charge on any atom is -0.367 e. The molecule has 1 fully saturated rings. The smallest absolute Gasteiger partial charge is 0.367 e. The summed E-state index contributed by atoms with van der Waals surface area (Å²) in [5, 5.41) is 0. The molecule has 0 radical (unpaired) electrons. The Morgan fingerprint density at radius 2 is 1.71 bits per heavy atom. The summed E-state index contributed by atoms with van der Waals surface area (Å²) in [6, 6.07) is 4.41. The molecule has 0 heterocycles. The maximum atomic E-state index is 12.7. The maximum Gasteiger partial charge on any atom is 0.416 e. The van der Waals surface area contributed by atoms with E-state index in [1.807, 2.05) is 6.92 Å². The highest BCUT2D eigenvalue weighted by Gasteiger charge is 2.41. The Morgan fingerprint density at radius 3 is 2.19 bits per heavy atom. The lowest BCUT2D eigenvalue weighted by Crippen LogP contribution is -2.43. The van der Waals surface area contributed by atoms with Crippen LogP contribution in [0.25, 0.3) is 0 Å². The Bertz CT molecular complexity index is 480. The van der Waals surface area contributed by atoms with Crippen LogP contribution in [0, 0.1) is 0 Å². The second-order valence-corrected chi connectivity index (χ2v) is 5.39. The van der Waals surface area contributed by atoms with Gasteiger partial charge in [-0.1, -0.05) is 31.4 Å². The molecule has 1 aliphatic carbocycles. The van der Waals surface area contributed by atoms with Crippen LogP contribution in [0.3, 0.4) is 0 Å². The van der Waals surface area contributed by atoms with Gasteiger partial charge in [-0.25, -0.2) is 0 Å². The third-order valence-corrected chi connectivity index (χ3v) is 3.97. The van der Waals surface area contributed by atoms with E-state index in [1.54, 1.807) is 0 Å². The van der Waals surface area contributed by atoms with Gasteiger partial charge in [-0.2, -0.15) is 13.2 Å². The van der Waals surface area contributed by atoms with Crippen molar-refractivity contribution in [3.05, 3.63) is 35.4 Å². The molecule has 0 atom stereocenters. The number of Topliss-reactive ketones (excluding diaryl/α,β-unsaturated/α-hetero) is 1. The van der Waals surface area contributed by atoms with E-state index in [2.05, 4.69) is 0 Å². The zero-order valence-corrected chi connectivity index (χ0v) is 12.0. The zero-order chi connectivity index (χ0) is 15.5. The van der Waals surface area contributed by atoms with Crippen LogP contribution in [0.2, 0.25) is 0 Å². The third-order valence-electron chi connectivity index (χ3n) is 3.97. The van der Waals surface area contributed by atoms with E-state index in [4.69, 9.17) is 4.74 Å². The van der Waals surface area contributed by atoms with Crippen LogP contribution in [0.15, 0.2) is 24.3 Å². The molecule has 1 aromatic carbocycles. The highest BCUT2D eigenvalue weighted by molar-refractivity contribution is 6.02. The summed E-state index contributed by atoms with van der Waals surface area (Å²) in [7, 11) is 0. The van der Waals surface area contributed by atoms with Gasteiger partial charge in [0.1, 0.15) is 5.60 Å². The molecular formula is C16H19F3O2. The molecule has 0 spiro atoms. The third kappa shape index (κ3) is 3.46. The van der Waals surface area contributed by atoms with Crippen molar-refractivity contribution in [2.24, 2.45) is 0 Å². The van der Waals surface area contributed by atoms with E-state index in [9.17, 15) is 18.0 Å². The van der Waals surface area contributed by atoms with Gasteiger partial charge in [0.2, 0.25) is 0 Å². The number of alkyl halides is 3. The number of hydrogen-bond acceptors (Lipinski definition) is 2. The molecule has 116 valence electrons. The molecule has 1 aliphatic rings. The summed E-state index contributed by atoms with van der Waals surface area (Å²) < 4.78 is 43.4. The molecule has 0 saturated heterocycles.